The molecule has 0 aliphatic rings. The van der Waals surface area contributed by atoms with Gasteiger partial charge in [0.05, 0.1) is 12.1 Å². The van der Waals surface area contributed by atoms with E-state index in [9.17, 15) is 8.78 Å². The van der Waals surface area contributed by atoms with E-state index in [0.717, 1.165) is 6.42 Å². The van der Waals surface area contributed by atoms with Crippen LogP contribution in [-0.2, 0) is 0 Å². The maximum absolute atomic E-state index is 13.2. The van der Waals surface area contributed by atoms with Gasteiger partial charge in [0.15, 0.2) is 0 Å². The van der Waals surface area contributed by atoms with E-state index in [2.05, 4.69) is 20.6 Å². The van der Waals surface area contributed by atoms with E-state index in [1.807, 2.05) is 13.0 Å². The van der Waals surface area contributed by atoms with Crippen molar-refractivity contribution in [3.8, 4) is 0 Å². The molecule has 21 heavy (non-hydrogen) atoms. The number of alkyl halides is 2. The molecule has 0 atom stereocenters. The quantitative estimate of drug-likeness (QED) is 0.732. The lowest BCUT2D eigenvalue weighted by atomic mass is 10.2. The monoisotopic (exact) mass is 296 g/mol. The van der Waals surface area contributed by atoms with Gasteiger partial charge in [0, 0.05) is 11.9 Å². The highest BCUT2D eigenvalue weighted by atomic mass is 19.3. The SMILES string of the molecule is CCCNc1nc(NCC(F)(F)CO)c2ccccc2n1. The van der Waals surface area contributed by atoms with Gasteiger partial charge in [0.1, 0.15) is 12.4 Å². The van der Waals surface area contributed by atoms with Gasteiger partial charge in [-0.3, -0.25) is 0 Å². The number of halogens is 2. The van der Waals surface area contributed by atoms with Gasteiger partial charge >= 0.3 is 0 Å². The Hall–Kier alpha value is -2.02. The highest BCUT2D eigenvalue weighted by Gasteiger charge is 2.27. The van der Waals surface area contributed by atoms with Crippen LogP contribution in [0.5, 0.6) is 0 Å². The van der Waals surface area contributed by atoms with Crippen molar-refractivity contribution in [1.29, 1.82) is 0 Å². The third kappa shape index (κ3) is 3.98. The van der Waals surface area contributed by atoms with Crippen LogP contribution in [0.2, 0.25) is 0 Å². The highest BCUT2D eigenvalue weighted by Crippen LogP contribution is 2.23. The largest absolute Gasteiger partial charge is 0.390 e. The minimum absolute atomic E-state index is 0.326. The molecule has 0 radical (unpaired) electrons. The maximum Gasteiger partial charge on any atom is 0.287 e. The first-order chi connectivity index (χ1) is 10.1. The molecule has 114 valence electrons. The van der Waals surface area contributed by atoms with Gasteiger partial charge in [0.25, 0.3) is 5.92 Å². The van der Waals surface area contributed by atoms with Gasteiger partial charge in [-0.05, 0) is 18.6 Å². The summed E-state index contributed by atoms with van der Waals surface area (Å²) >= 11 is 0. The number of aromatic nitrogens is 2. The van der Waals surface area contributed by atoms with Gasteiger partial charge in [-0.1, -0.05) is 19.1 Å². The number of nitrogens with zero attached hydrogens (tertiary/aromatic N) is 2. The number of fused-ring (bicyclic) bond motifs is 1. The first kappa shape index (κ1) is 15.4. The summed E-state index contributed by atoms with van der Waals surface area (Å²) in [5.74, 6) is -2.47. The second kappa shape index (κ2) is 6.62. The molecular formula is C14H18F2N4O. The molecule has 0 spiro atoms. The Balaban J connectivity index is 2.30. The smallest absolute Gasteiger partial charge is 0.287 e. The fourth-order valence-corrected chi connectivity index (χ4v) is 1.80. The predicted octanol–water partition coefficient (Wildman–Crippen LogP) is 2.49. The zero-order chi connectivity index (χ0) is 15.3. The number of rotatable bonds is 7. The zero-order valence-corrected chi connectivity index (χ0v) is 11.7. The standard InChI is InChI=1S/C14H18F2N4O/c1-2-7-17-13-19-11-6-4-3-5-10(11)12(20-13)18-8-14(15,16)9-21/h3-6,21H,2,7-9H2,1H3,(H2,17,18,19,20). The maximum atomic E-state index is 13.2. The second-order valence-corrected chi connectivity index (χ2v) is 4.71. The van der Waals surface area contributed by atoms with Crippen LogP contribution in [-0.4, -0.2) is 40.7 Å². The summed E-state index contributed by atoms with van der Waals surface area (Å²) in [5.41, 5.74) is 0.668. The fraction of sp³-hybridized carbons (Fsp3) is 0.429. The second-order valence-electron chi connectivity index (χ2n) is 4.71. The summed E-state index contributed by atoms with van der Waals surface area (Å²) in [6.45, 7) is 0.821. The van der Waals surface area contributed by atoms with Crippen molar-refractivity contribution in [2.24, 2.45) is 0 Å². The molecule has 1 heterocycles. The Bertz CT molecular complexity index is 607. The summed E-state index contributed by atoms with van der Waals surface area (Å²) in [7, 11) is 0. The van der Waals surface area contributed by atoms with E-state index in [0.29, 0.717) is 29.2 Å². The summed E-state index contributed by atoms with van der Waals surface area (Å²) in [6, 6.07) is 7.17. The lowest BCUT2D eigenvalue weighted by Gasteiger charge is -2.16. The Labute approximate surface area is 121 Å². The molecule has 0 aliphatic heterocycles. The number of hydrogen-bond acceptors (Lipinski definition) is 5. The summed E-state index contributed by atoms with van der Waals surface area (Å²) in [4.78, 5) is 8.57. The van der Waals surface area contributed by atoms with E-state index >= 15 is 0 Å². The third-order valence-corrected chi connectivity index (χ3v) is 2.88. The van der Waals surface area contributed by atoms with Crippen molar-refractivity contribution in [3.05, 3.63) is 24.3 Å². The molecule has 0 saturated heterocycles. The Morgan fingerprint density at radius 1 is 1.19 bits per heavy atom. The number of hydrogen-bond donors (Lipinski definition) is 3. The van der Waals surface area contributed by atoms with Gasteiger partial charge in [-0.15, -0.1) is 0 Å². The van der Waals surface area contributed by atoms with Crippen LogP contribution in [0.3, 0.4) is 0 Å². The van der Waals surface area contributed by atoms with Crippen LogP contribution in [0, 0.1) is 0 Å². The first-order valence-corrected chi connectivity index (χ1v) is 6.79. The van der Waals surface area contributed by atoms with E-state index in [1.54, 1.807) is 18.2 Å². The average Bonchev–Trinajstić information content (AvgIpc) is 2.50. The first-order valence-electron chi connectivity index (χ1n) is 6.79. The molecule has 3 N–H and O–H groups in total. The van der Waals surface area contributed by atoms with Crippen LogP contribution >= 0.6 is 0 Å². The Morgan fingerprint density at radius 2 is 1.95 bits per heavy atom. The number of anilines is 2. The summed E-state index contributed by atoms with van der Waals surface area (Å²) < 4.78 is 26.3. The normalized spacial score (nSPS) is 11.6. The molecule has 5 nitrogen and oxygen atoms in total. The van der Waals surface area contributed by atoms with E-state index in [4.69, 9.17) is 5.11 Å². The predicted molar refractivity (Wildman–Crippen MR) is 78.8 cm³/mol. The molecule has 1 aromatic carbocycles. The molecule has 0 unspecified atom stereocenters. The molecular weight excluding hydrogens is 278 g/mol. The van der Waals surface area contributed by atoms with Gasteiger partial charge in [-0.25, -0.2) is 13.8 Å². The Morgan fingerprint density at radius 3 is 2.67 bits per heavy atom. The summed E-state index contributed by atoms with van der Waals surface area (Å²) in [5, 5.41) is 14.9. The number of aliphatic hydroxyl groups is 1. The molecule has 2 aromatic rings. The van der Waals surface area contributed by atoms with Crippen molar-refractivity contribution >= 4 is 22.7 Å². The van der Waals surface area contributed by atoms with E-state index in [1.165, 1.54) is 0 Å². The Kier molecular flexibility index (Phi) is 4.85. The number of nitrogens with one attached hydrogen (secondary N) is 2. The lowest BCUT2D eigenvalue weighted by Crippen LogP contribution is -2.31. The van der Waals surface area contributed by atoms with Gasteiger partial charge in [-0.2, -0.15) is 4.98 Å². The number of para-hydroxylation sites is 1. The molecule has 0 bridgehead atoms. The summed E-state index contributed by atoms with van der Waals surface area (Å²) in [6.07, 6.45) is 0.904. The molecule has 0 amide bonds. The van der Waals surface area contributed by atoms with Gasteiger partial charge in [0.2, 0.25) is 5.95 Å². The van der Waals surface area contributed by atoms with Crippen LogP contribution in [0.25, 0.3) is 10.9 Å². The fourth-order valence-electron chi connectivity index (χ4n) is 1.80. The number of benzene rings is 1. The highest BCUT2D eigenvalue weighted by molar-refractivity contribution is 5.90. The van der Waals surface area contributed by atoms with Crippen molar-refractivity contribution in [2.75, 3.05) is 30.3 Å². The topological polar surface area (TPSA) is 70.1 Å². The molecule has 0 fully saturated rings. The average molecular weight is 296 g/mol. The molecule has 7 heteroatoms. The molecule has 0 saturated carbocycles. The van der Waals surface area contributed by atoms with Crippen molar-refractivity contribution in [1.82, 2.24) is 9.97 Å². The molecule has 2 rings (SSSR count). The van der Waals surface area contributed by atoms with Crippen molar-refractivity contribution in [3.63, 3.8) is 0 Å². The number of aliphatic hydroxyl groups excluding tert-OH is 1. The lowest BCUT2D eigenvalue weighted by molar-refractivity contribution is -0.0373. The van der Waals surface area contributed by atoms with Crippen molar-refractivity contribution < 1.29 is 13.9 Å². The molecule has 0 aliphatic carbocycles. The van der Waals surface area contributed by atoms with Crippen molar-refractivity contribution in [2.45, 2.75) is 19.3 Å². The van der Waals surface area contributed by atoms with Crippen LogP contribution in [0.1, 0.15) is 13.3 Å². The van der Waals surface area contributed by atoms with Gasteiger partial charge < -0.3 is 15.7 Å². The van der Waals surface area contributed by atoms with Crippen LogP contribution in [0.15, 0.2) is 24.3 Å². The third-order valence-electron chi connectivity index (χ3n) is 2.88. The van der Waals surface area contributed by atoms with Crippen LogP contribution < -0.4 is 10.6 Å². The van der Waals surface area contributed by atoms with Crippen LogP contribution in [0.4, 0.5) is 20.5 Å². The minimum atomic E-state index is -3.19. The minimum Gasteiger partial charge on any atom is -0.390 e. The van der Waals surface area contributed by atoms with E-state index in [-0.39, 0.29) is 0 Å². The van der Waals surface area contributed by atoms with E-state index < -0.39 is 19.1 Å². The zero-order valence-electron chi connectivity index (χ0n) is 11.7. The molecule has 1 aromatic heterocycles.